The van der Waals surface area contributed by atoms with E-state index in [2.05, 4.69) is 23.6 Å². The first-order valence-corrected chi connectivity index (χ1v) is 7.28. The van der Waals surface area contributed by atoms with Gasteiger partial charge in [0.25, 0.3) is 0 Å². The van der Waals surface area contributed by atoms with Gasteiger partial charge in [-0.25, -0.2) is 13.1 Å². The molecule has 2 rings (SSSR count). The molecule has 4 nitrogen and oxygen atoms in total. The number of pyridine rings is 1. The molecule has 1 aromatic heterocycles. The summed E-state index contributed by atoms with van der Waals surface area (Å²) in [5.74, 6) is 0.410. The average Bonchev–Trinajstić information content (AvgIpc) is 2.84. The molecule has 0 amide bonds. The van der Waals surface area contributed by atoms with Crippen molar-refractivity contribution < 1.29 is 8.42 Å². The van der Waals surface area contributed by atoms with Gasteiger partial charge in [0.15, 0.2) is 0 Å². The highest BCUT2D eigenvalue weighted by Gasteiger charge is 2.45. The summed E-state index contributed by atoms with van der Waals surface area (Å²) in [5.41, 5.74) is 0.251. The van der Waals surface area contributed by atoms with Crippen molar-refractivity contribution in [2.24, 2.45) is 11.3 Å². The first-order valence-electron chi connectivity index (χ1n) is 5.42. The van der Waals surface area contributed by atoms with Crippen LogP contribution in [0, 0.1) is 11.3 Å². The molecule has 6 heteroatoms. The molecule has 1 saturated carbocycles. The average molecular weight is 275 g/mol. The molecule has 1 fully saturated rings. The van der Waals surface area contributed by atoms with E-state index in [1.54, 1.807) is 0 Å². The summed E-state index contributed by atoms with van der Waals surface area (Å²) >= 11 is 5.84. The third-order valence-electron chi connectivity index (χ3n) is 3.26. The van der Waals surface area contributed by atoms with Crippen LogP contribution in [0.2, 0.25) is 5.02 Å². The van der Waals surface area contributed by atoms with Gasteiger partial charge >= 0.3 is 0 Å². The van der Waals surface area contributed by atoms with Crippen LogP contribution in [0.15, 0.2) is 23.4 Å². The van der Waals surface area contributed by atoms with Crippen LogP contribution in [0.4, 0.5) is 0 Å². The molecular formula is C11H15ClN2O2S. The lowest BCUT2D eigenvalue weighted by atomic mass is 10.1. The van der Waals surface area contributed by atoms with Gasteiger partial charge in [-0.2, -0.15) is 0 Å². The Kier molecular flexibility index (Phi) is 3.18. The topological polar surface area (TPSA) is 59.1 Å². The van der Waals surface area contributed by atoms with E-state index in [1.807, 2.05) is 0 Å². The van der Waals surface area contributed by atoms with Crippen LogP contribution in [0.25, 0.3) is 0 Å². The van der Waals surface area contributed by atoms with E-state index in [-0.39, 0.29) is 15.3 Å². The fourth-order valence-electron chi connectivity index (χ4n) is 1.77. The van der Waals surface area contributed by atoms with Crippen LogP contribution in [-0.2, 0) is 10.0 Å². The maximum absolute atomic E-state index is 12.0. The van der Waals surface area contributed by atoms with Gasteiger partial charge in [-0.05, 0) is 23.8 Å². The van der Waals surface area contributed by atoms with Gasteiger partial charge in [0, 0.05) is 18.9 Å². The van der Waals surface area contributed by atoms with Gasteiger partial charge in [-0.1, -0.05) is 25.4 Å². The Bertz CT molecular complexity index is 528. The van der Waals surface area contributed by atoms with Gasteiger partial charge in [0.1, 0.15) is 4.90 Å². The number of sulfonamides is 1. The number of halogens is 1. The molecular weight excluding hydrogens is 260 g/mol. The van der Waals surface area contributed by atoms with Crippen molar-refractivity contribution in [1.29, 1.82) is 0 Å². The van der Waals surface area contributed by atoms with E-state index in [4.69, 9.17) is 11.6 Å². The van der Waals surface area contributed by atoms with Crippen molar-refractivity contribution in [3.63, 3.8) is 0 Å². The summed E-state index contributed by atoms with van der Waals surface area (Å²) in [4.78, 5) is 3.82. The molecule has 0 spiro atoms. The predicted octanol–water partition coefficient (Wildman–Crippen LogP) is 2.06. The van der Waals surface area contributed by atoms with E-state index in [0.717, 1.165) is 6.42 Å². The monoisotopic (exact) mass is 274 g/mol. The zero-order chi connectivity index (χ0) is 12.7. The Balaban J connectivity index is 2.08. The molecule has 17 heavy (non-hydrogen) atoms. The molecule has 1 aliphatic rings. The number of nitrogens with zero attached hydrogens (tertiary/aromatic N) is 1. The molecule has 1 heterocycles. The Labute approximate surface area is 106 Å². The minimum atomic E-state index is -3.54. The van der Waals surface area contributed by atoms with Crippen LogP contribution in [0.5, 0.6) is 0 Å². The maximum Gasteiger partial charge on any atom is 0.243 e. The minimum absolute atomic E-state index is 0.0418. The van der Waals surface area contributed by atoms with Gasteiger partial charge in [0.2, 0.25) is 10.0 Å². The number of hydrogen-bond acceptors (Lipinski definition) is 3. The fourth-order valence-corrected chi connectivity index (χ4v) is 3.28. The van der Waals surface area contributed by atoms with Crippen molar-refractivity contribution in [1.82, 2.24) is 9.71 Å². The van der Waals surface area contributed by atoms with E-state index in [0.29, 0.717) is 12.5 Å². The summed E-state index contributed by atoms with van der Waals surface area (Å²) in [7, 11) is -3.54. The Hall–Kier alpha value is -0.650. The first-order chi connectivity index (χ1) is 7.83. The van der Waals surface area contributed by atoms with E-state index < -0.39 is 10.0 Å². The van der Waals surface area contributed by atoms with Crippen molar-refractivity contribution in [2.45, 2.75) is 25.2 Å². The summed E-state index contributed by atoms with van der Waals surface area (Å²) in [6, 6.07) is 1.47. The van der Waals surface area contributed by atoms with Gasteiger partial charge < -0.3 is 0 Å². The highest BCUT2D eigenvalue weighted by Crippen LogP contribution is 2.51. The lowest BCUT2D eigenvalue weighted by Crippen LogP contribution is -2.27. The molecule has 1 unspecified atom stereocenters. The molecule has 1 aromatic rings. The van der Waals surface area contributed by atoms with Crippen molar-refractivity contribution in [3.8, 4) is 0 Å². The Morgan fingerprint density at radius 3 is 2.76 bits per heavy atom. The van der Waals surface area contributed by atoms with Gasteiger partial charge in [-0.3, -0.25) is 4.98 Å². The van der Waals surface area contributed by atoms with Crippen molar-refractivity contribution in [3.05, 3.63) is 23.5 Å². The molecule has 0 aromatic carbocycles. The summed E-state index contributed by atoms with van der Waals surface area (Å²) in [5, 5.41) is 0.197. The number of aromatic nitrogens is 1. The molecule has 0 aliphatic heterocycles. The van der Waals surface area contributed by atoms with Crippen molar-refractivity contribution in [2.75, 3.05) is 6.54 Å². The number of nitrogens with one attached hydrogen (secondary N) is 1. The molecule has 1 N–H and O–H groups in total. The predicted molar refractivity (Wildman–Crippen MR) is 66.3 cm³/mol. The van der Waals surface area contributed by atoms with Crippen LogP contribution in [-0.4, -0.2) is 19.9 Å². The van der Waals surface area contributed by atoms with E-state index in [9.17, 15) is 8.42 Å². The standard InChI is InChI=1S/C11H15ClN2O2S/c1-11(2)5-8(11)6-14-17(15,16)10-7-13-4-3-9(10)12/h3-4,7-8,14H,5-6H2,1-2H3. The zero-order valence-electron chi connectivity index (χ0n) is 9.77. The first kappa shape index (κ1) is 12.8. The number of rotatable bonds is 4. The van der Waals surface area contributed by atoms with Gasteiger partial charge in [-0.15, -0.1) is 0 Å². The molecule has 0 bridgehead atoms. The third kappa shape index (κ3) is 2.78. The van der Waals surface area contributed by atoms with Crippen LogP contribution in [0.3, 0.4) is 0 Å². The summed E-state index contributed by atoms with van der Waals surface area (Å²) in [6.45, 7) is 4.71. The normalized spacial score (nSPS) is 22.4. The molecule has 0 saturated heterocycles. The summed E-state index contributed by atoms with van der Waals surface area (Å²) < 4.78 is 26.5. The molecule has 1 atom stereocenters. The van der Waals surface area contributed by atoms with Crippen molar-refractivity contribution >= 4 is 21.6 Å². The van der Waals surface area contributed by atoms with Crippen LogP contribution >= 0.6 is 11.6 Å². The molecule has 1 aliphatic carbocycles. The van der Waals surface area contributed by atoms with Crippen LogP contribution in [0.1, 0.15) is 20.3 Å². The van der Waals surface area contributed by atoms with E-state index >= 15 is 0 Å². The zero-order valence-corrected chi connectivity index (χ0v) is 11.3. The second-order valence-corrected chi connectivity index (χ2v) is 7.19. The SMILES string of the molecule is CC1(C)CC1CNS(=O)(=O)c1cnccc1Cl. The maximum atomic E-state index is 12.0. The Morgan fingerprint density at radius 2 is 2.24 bits per heavy atom. The number of hydrogen-bond donors (Lipinski definition) is 1. The van der Waals surface area contributed by atoms with Gasteiger partial charge in [0.05, 0.1) is 5.02 Å². The molecule has 0 radical (unpaired) electrons. The lowest BCUT2D eigenvalue weighted by Gasteiger charge is -2.08. The highest BCUT2D eigenvalue weighted by atomic mass is 35.5. The largest absolute Gasteiger partial charge is 0.263 e. The highest BCUT2D eigenvalue weighted by molar-refractivity contribution is 7.89. The van der Waals surface area contributed by atoms with Crippen LogP contribution < -0.4 is 4.72 Å². The second-order valence-electron chi connectivity index (χ2n) is 5.05. The summed E-state index contributed by atoms with van der Waals surface area (Å²) in [6.07, 6.45) is 3.78. The Morgan fingerprint density at radius 1 is 1.59 bits per heavy atom. The third-order valence-corrected chi connectivity index (χ3v) is 5.15. The fraction of sp³-hybridized carbons (Fsp3) is 0.545. The lowest BCUT2D eigenvalue weighted by molar-refractivity contribution is 0.537. The van der Waals surface area contributed by atoms with E-state index in [1.165, 1.54) is 18.5 Å². The quantitative estimate of drug-likeness (QED) is 0.914. The smallest absolute Gasteiger partial charge is 0.243 e. The molecule has 94 valence electrons. The minimum Gasteiger partial charge on any atom is -0.263 e. The second kappa shape index (κ2) is 4.23.